The summed E-state index contributed by atoms with van der Waals surface area (Å²) in [5.74, 6) is 0. The molecule has 1 aliphatic rings. The van der Waals surface area contributed by atoms with Crippen molar-refractivity contribution in [3.63, 3.8) is 0 Å². The lowest BCUT2D eigenvalue weighted by Gasteiger charge is -2.29. The van der Waals surface area contributed by atoms with Gasteiger partial charge in [-0.15, -0.1) is 0 Å². The third-order valence-corrected chi connectivity index (χ3v) is 2.50. The lowest BCUT2D eigenvalue weighted by Crippen LogP contribution is -2.25. The molecule has 0 aromatic rings. The minimum atomic E-state index is -1.08. The van der Waals surface area contributed by atoms with E-state index in [2.05, 4.69) is 26.0 Å². The van der Waals surface area contributed by atoms with Crippen molar-refractivity contribution in [3.05, 3.63) is 23.8 Å². The van der Waals surface area contributed by atoms with Crippen molar-refractivity contribution in [1.29, 1.82) is 0 Å². The van der Waals surface area contributed by atoms with Gasteiger partial charge in [0.2, 0.25) is 0 Å². The smallest absolute Gasteiger partial charge is 0.106 e. The SMILES string of the molecule is CC1=CC=CC1(C)CC(C)(C)F. The Hall–Kier alpha value is -0.590. The molecule has 68 valence electrons. The summed E-state index contributed by atoms with van der Waals surface area (Å²) in [6.45, 7) is 7.42. The molecular formula is C11H17F. The lowest BCUT2D eigenvalue weighted by atomic mass is 9.77. The van der Waals surface area contributed by atoms with Crippen LogP contribution in [0.1, 0.15) is 34.1 Å². The Balaban J connectivity index is 2.75. The van der Waals surface area contributed by atoms with E-state index in [0.29, 0.717) is 6.42 Å². The highest BCUT2D eigenvalue weighted by atomic mass is 19.1. The van der Waals surface area contributed by atoms with Gasteiger partial charge in [0, 0.05) is 5.41 Å². The molecule has 0 aromatic heterocycles. The standard InChI is InChI=1S/C11H17F/c1-9-6-5-7-11(9,4)8-10(2,3)12/h5-7H,8H2,1-4H3. The molecule has 1 atom stereocenters. The number of rotatable bonds is 2. The highest BCUT2D eigenvalue weighted by Crippen LogP contribution is 2.41. The van der Waals surface area contributed by atoms with Gasteiger partial charge in [-0.3, -0.25) is 0 Å². The molecule has 0 heterocycles. The summed E-state index contributed by atoms with van der Waals surface area (Å²) in [5.41, 5.74) is 0.116. The van der Waals surface area contributed by atoms with Crippen LogP contribution in [0.4, 0.5) is 4.39 Å². The van der Waals surface area contributed by atoms with E-state index < -0.39 is 5.67 Å². The van der Waals surface area contributed by atoms with Gasteiger partial charge in [0.1, 0.15) is 5.67 Å². The fraction of sp³-hybridized carbons (Fsp3) is 0.636. The second-order valence-electron chi connectivity index (χ2n) is 4.52. The zero-order valence-corrected chi connectivity index (χ0v) is 8.32. The Labute approximate surface area is 74.2 Å². The van der Waals surface area contributed by atoms with Gasteiger partial charge in [-0.25, -0.2) is 4.39 Å². The van der Waals surface area contributed by atoms with Crippen LogP contribution < -0.4 is 0 Å². The predicted molar refractivity (Wildman–Crippen MR) is 50.8 cm³/mol. The van der Waals surface area contributed by atoms with Gasteiger partial charge in [-0.1, -0.05) is 30.7 Å². The Kier molecular flexibility index (Phi) is 2.15. The molecule has 0 saturated heterocycles. The van der Waals surface area contributed by atoms with Crippen molar-refractivity contribution in [3.8, 4) is 0 Å². The minimum Gasteiger partial charge on any atom is -0.244 e. The fourth-order valence-corrected chi connectivity index (χ4v) is 1.80. The van der Waals surface area contributed by atoms with E-state index in [-0.39, 0.29) is 5.41 Å². The largest absolute Gasteiger partial charge is 0.244 e. The van der Waals surface area contributed by atoms with Crippen molar-refractivity contribution in [2.24, 2.45) is 5.41 Å². The summed E-state index contributed by atoms with van der Waals surface area (Å²) in [5, 5.41) is 0. The first-order valence-corrected chi connectivity index (χ1v) is 4.39. The molecule has 0 saturated carbocycles. The summed E-state index contributed by atoms with van der Waals surface area (Å²) >= 11 is 0. The Bertz CT molecular complexity index is 230. The maximum atomic E-state index is 13.4. The number of allylic oxidation sites excluding steroid dienone is 4. The zero-order valence-electron chi connectivity index (χ0n) is 8.32. The van der Waals surface area contributed by atoms with Crippen LogP contribution in [0.3, 0.4) is 0 Å². The normalized spacial score (nSPS) is 29.2. The average molecular weight is 168 g/mol. The topological polar surface area (TPSA) is 0 Å². The van der Waals surface area contributed by atoms with Crippen LogP contribution >= 0.6 is 0 Å². The van der Waals surface area contributed by atoms with E-state index in [9.17, 15) is 4.39 Å². The highest BCUT2D eigenvalue weighted by molar-refractivity contribution is 5.31. The van der Waals surface area contributed by atoms with E-state index in [1.807, 2.05) is 6.08 Å². The molecule has 0 bridgehead atoms. The number of halogens is 1. The predicted octanol–water partition coefficient (Wildman–Crippen LogP) is 3.65. The lowest BCUT2D eigenvalue weighted by molar-refractivity contribution is 0.160. The van der Waals surface area contributed by atoms with Crippen molar-refractivity contribution < 1.29 is 4.39 Å². The van der Waals surface area contributed by atoms with Gasteiger partial charge in [-0.05, 0) is 27.2 Å². The van der Waals surface area contributed by atoms with Gasteiger partial charge >= 0.3 is 0 Å². The molecule has 0 aliphatic heterocycles. The van der Waals surface area contributed by atoms with E-state index in [1.165, 1.54) is 5.57 Å². The number of hydrogen-bond donors (Lipinski definition) is 0. The molecule has 12 heavy (non-hydrogen) atoms. The molecule has 1 aliphatic carbocycles. The van der Waals surface area contributed by atoms with Crippen LogP contribution in [0.15, 0.2) is 23.8 Å². The van der Waals surface area contributed by atoms with E-state index in [1.54, 1.807) is 13.8 Å². The van der Waals surface area contributed by atoms with Gasteiger partial charge < -0.3 is 0 Å². The molecule has 0 fully saturated rings. The first kappa shape index (κ1) is 9.50. The second kappa shape index (κ2) is 2.72. The van der Waals surface area contributed by atoms with E-state index >= 15 is 0 Å². The molecule has 1 heteroatoms. The first-order valence-electron chi connectivity index (χ1n) is 4.39. The van der Waals surface area contributed by atoms with E-state index in [0.717, 1.165) is 0 Å². The third kappa shape index (κ3) is 1.96. The third-order valence-electron chi connectivity index (χ3n) is 2.50. The monoisotopic (exact) mass is 168 g/mol. The van der Waals surface area contributed by atoms with Crippen molar-refractivity contribution in [1.82, 2.24) is 0 Å². The highest BCUT2D eigenvalue weighted by Gasteiger charge is 2.33. The summed E-state index contributed by atoms with van der Waals surface area (Å²) in [4.78, 5) is 0. The molecule has 0 spiro atoms. The molecule has 1 rings (SSSR count). The van der Waals surface area contributed by atoms with Crippen LogP contribution in [-0.2, 0) is 0 Å². The molecular weight excluding hydrogens is 151 g/mol. The van der Waals surface area contributed by atoms with Crippen LogP contribution in [-0.4, -0.2) is 5.67 Å². The summed E-state index contributed by atoms with van der Waals surface area (Å²) in [6.07, 6.45) is 6.73. The van der Waals surface area contributed by atoms with Crippen LogP contribution in [0, 0.1) is 5.41 Å². The first-order chi connectivity index (χ1) is 5.33. The maximum Gasteiger partial charge on any atom is 0.106 e. The van der Waals surface area contributed by atoms with E-state index in [4.69, 9.17) is 0 Å². The molecule has 0 amide bonds. The van der Waals surface area contributed by atoms with Crippen molar-refractivity contribution in [2.75, 3.05) is 0 Å². The summed E-state index contributed by atoms with van der Waals surface area (Å²) in [6, 6.07) is 0. The number of alkyl halides is 1. The van der Waals surface area contributed by atoms with Crippen LogP contribution in [0.25, 0.3) is 0 Å². The van der Waals surface area contributed by atoms with Crippen molar-refractivity contribution >= 4 is 0 Å². The van der Waals surface area contributed by atoms with Gasteiger partial charge in [0.05, 0.1) is 0 Å². The molecule has 1 unspecified atom stereocenters. The maximum absolute atomic E-state index is 13.4. The molecule has 0 nitrogen and oxygen atoms in total. The average Bonchev–Trinajstić information content (AvgIpc) is 2.08. The van der Waals surface area contributed by atoms with Crippen molar-refractivity contribution in [2.45, 2.75) is 39.8 Å². The Morgan fingerprint density at radius 1 is 1.50 bits per heavy atom. The Morgan fingerprint density at radius 3 is 2.42 bits per heavy atom. The van der Waals surface area contributed by atoms with Gasteiger partial charge in [-0.2, -0.15) is 0 Å². The summed E-state index contributed by atoms with van der Waals surface area (Å²) < 4.78 is 13.4. The molecule has 0 radical (unpaired) electrons. The molecule has 0 N–H and O–H groups in total. The van der Waals surface area contributed by atoms with Gasteiger partial charge in [0.25, 0.3) is 0 Å². The van der Waals surface area contributed by atoms with Crippen LogP contribution in [0.5, 0.6) is 0 Å². The number of hydrogen-bond acceptors (Lipinski definition) is 0. The second-order valence-corrected chi connectivity index (χ2v) is 4.52. The quantitative estimate of drug-likeness (QED) is 0.590. The van der Waals surface area contributed by atoms with Gasteiger partial charge in [0.15, 0.2) is 0 Å². The minimum absolute atomic E-state index is 0.0573. The van der Waals surface area contributed by atoms with Crippen LogP contribution in [0.2, 0.25) is 0 Å². The Morgan fingerprint density at radius 2 is 2.08 bits per heavy atom. The molecule has 0 aromatic carbocycles. The fourth-order valence-electron chi connectivity index (χ4n) is 1.80. The zero-order chi connectivity index (χ0) is 9.41. The summed E-state index contributed by atoms with van der Waals surface area (Å²) in [7, 11) is 0.